The van der Waals surface area contributed by atoms with Crippen molar-refractivity contribution in [1.82, 2.24) is 20.7 Å². The van der Waals surface area contributed by atoms with E-state index in [0.29, 0.717) is 17.2 Å². The summed E-state index contributed by atoms with van der Waals surface area (Å²) in [5.41, 5.74) is 3.99. The van der Waals surface area contributed by atoms with Gasteiger partial charge in [0.25, 0.3) is 0 Å². The number of methoxy groups -OCH3 is 2. The van der Waals surface area contributed by atoms with E-state index in [-0.39, 0.29) is 36.3 Å². The van der Waals surface area contributed by atoms with Crippen molar-refractivity contribution >= 4 is 34.8 Å². The van der Waals surface area contributed by atoms with Gasteiger partial charge < -0.3 is 25.0 Å². The van der Waals surface area contributed by atoms with Crippen LogP contribution in [0.3, 0.4) is 0 Å². The number of carbonyl (C=O) groups excluding carboxylic acids is 1. The molecular formula is C23H30ClN7O3. The first kappa shape index (κ1) is 23.0. The molecule has 182 valence electrons. The molecule has 4 atom stereocenters. The molecule has 11 heteroatoms. The van der Waals surface area contributed by atoms with Crippen LogP contribution >= 0.6 is 11.6 Å². The Morgan fingerprint density at radius 2 is 1.94 bits per heavy atom. The third-order valence-electron chi connectivity index (χ3n) is 6.69. The lowest BCUT2D eigenvalue weighted by Gasteiger charge is -2.40. The van der Waals surface area contributed by atoms with E-state index in [1.807, 2.05) is 30.3 Å². The number of ether oxygens (including phenoxy) is 2. The van der Waals surface area contributed by atoms with Crippen LogP contribution < -0.4 is 31.0 Å². The lowest BCUT2D eigenvalue weighted by molar-refractivity contribution is -0.131. The van der Waals surface area contributed by atoms with Crippen molar-refractivity contribution in [2.75, 3.05) is 49.9 Å². The average molecular weight is 488 g/mol. The van der Waals surface area contributed by atoms with Crippen LogP contribution in [0.4, 0.5) is 17.3 Å². The minimum Gasteiger partial charge on any atom is -0.493 e. The molecule has 3 aliphatic heterocycles. The largest absolute Gasteiger partial charge is 0.493 e. The van der Waals surface area contributed by atoms with E-state index in [0.717, 1.165) is 30.4 Å². The summed E-state index contributed by atoms with van der Waals surface area (Å²) in [7, 11) is 5.06. The van der Waals surface area contributed by atoms with Crippen molar-refractivity contribution in [2.24, 2.45) is 5.92 Å². The summed E-state index contributed by atoms with van der Waals surface area (Å²) in [6, 6.07) is 11.3. The van der Waals surface area contributed by atoms with Crippen molar-refractivity contribution in [3.05, 3.63) is 41.4 Å². The molecule has 0 radical (unpaired) electrons. The Kier molecular flexibility index (Phi) is 6.39. The number of piperidine rings is 1. The quantitative estimate of drug-likeness (QED) is 0.464. The molecule has 1 aromatic carbocycles. The number of anilines is 3. The molecule has 4 heterocycles. The lowest BCUT2D eigenvalue weighted by Crippen LogP contribution is -2.61. The number of amides is 1. The van der Waals surface area contributed by atoms with Crippen LogP contribution in [0.2, 0.25) is 5.02 Å². The molecular weight excluding hydrogens is 458 g/mol. The number of hydrogen-bond donors (Lipinski definition) is 4. The Morgan fingerprint density at radius 3 is 2.71 bits per heavy atom. The van der Waals surface area contributed by atoms with Gasteiger partial charge in [0.2, 0.25) is 5.91 Å². The molecule has 2 aromatic rings. The fourth-order valence-corrected chi connectivity index (χ4v) is 5.11. The number of pyridine rings is 1. The van der Waals surface area contributed by atoms with Crippen LogP contribution in [-0.2, 0) is 9.53 Å². The molecule has 10 nitrogen and oxygen atoms in total. The second-order valence-corrected chi connectivity index (χ2v) is 9.25. The van der Waals surface area contributed by atoms with E-state index in [2.05, 4.69) is 26.3 Å². The standard InChI is InChI=1S/C23H30ClN7O3/c1-30-23(32)20-16(25-15-7-4-6-14(24)21(15)34-3)10-18(28-22(20)29-30)26-17-8-5-9-19(27-17)31-11-13(12-31)33-2/h4-9,13,16,18,20,22,25,28-29H,10-12H2,1-3H3,(H,26,27). The Bertz CT molecular complexity index is 1050. The molecule has 3 fully saturated rings. The number of halogens is 1. The maximum absolute atomic E-state index is 12.9. The number of carbonyl (C=O) groups is 1. The van der Waals surface area contributed by atoms with E-state index in [1.54, 1.807) is 32.3 Å². The summed E-state index contributed by atoms with van der Waals surface area (Å²) < 4.78 is 10.9. The number of hydrogen-bond acceptors (Lipinski definition) is 9. The zero-order valence-electron chi connectivity index (χ0n) is 19.4. The van der Waals surface area contributed by atoms with Gasteiger partial charge in [0.1, 0.15) is 11.6 Å². The molecule has 0 spiro atoms. The number of para-hydroxylation sites is 1. The fourth-order valence-electron chi connectivity index (χ4n) is 4.86. The molecule has 5 rings (SSSR count). The van der Waals surface area contributed by atoms with Gasteiger partial charge in [0.05, 0.1) is 42.2 Å². The number of fused-ring (bicyclic) bond motifs is 1. The van der Waals surface area contributed by atoms with Crippen molar-refractivity contribution in [1.29, 1.82) is 0 Å². The molecule has 34 heavy (non-hydrogen) atoms. The van der Waals surface area contributed by atoms with Crippen molar-refractivity contribution < 1.29 is 14.3 Å². The monoisotopic (exact) mass is 487 g/mol. The predicted molar refractivity (Wildman–Crippen MR) is 131 cm³/mol. The van der Waals surface area contributed by atoms with Gasteiger partial charge >= 0.3 is 0 Å². The van der Waals surface area contributed by atoms with Crippen LogP contribution in [0, 0.1) is 5.92 Å². The van der Waals surface area contributed by atoms with E-state index < -0.39 is 0 Å². The van der Waals surface area contributed by atoms with Crippen molar-refractivity contribution in [3.8, 4) is 5.75 Å². The molecule has 3 aliphatic rings. The Labute approximate surface area is 203 Å². The van der Waals surface area contributed by atoms with Crippen LogP contribution in [0.5, 0.6) is 5.75 Å². The highest BCUT2D eigenvalue weighted by molar-refractivity contribution is 6.32. The SMILES string of the molecule is COc1c(Cl)cccc1NC1CC(Nc2cccc(N3CC(OC)C3)n2)NC2NN(C)C(=O)C12. The van der Waals surface area contributed by atoms with Gasteiger partial charge in [-0.05, 0) is 24.3 Å². The maximum atomic E-state index is 12.9. The van der Waals surface area contributed by atoms with Gasteiger partial charge in [-0.15, -0.1) is 0 Å². The summed E-state index contributed by atoms with van der Waals surface area (Å²) in [6.45, 7) is 1.68. The van der Waals surface area contributed by atoms with Gasteiger partial charge in [-0.2, -0.15) is 0 Å². The second kappa shape index (κ2) is 9.46. The Morgan fingerprint density at radius 1 is 1.15 bits per heavy atom. The second-order valence-electron chi connectivity index (χ2n) is 8.84. The van der Waals surface area contributed by atoms with Gasteiger partial charge in [0, 0.05) is 39.7 Å². The zero-order valence-corrected chi connectivity index (χ0v) is 20.2. The first-order valence-electron chi connectivity index (χ1n) is 11.4. The summed E-state index contributed by atoms with van der Waals surface area (Å²) in [6.07, 6.45) is 0.544. The van der Waals surface area contributed by atoms with Gasteiger partial charge in [0.15, 0.2) is 5.75 Å². The molecule has 3 saturated heterocycles. The van der Waals surface area contributed by atoms with Gasteiger partial charge in [-0.3, -0.25) is 15.1 Å². The highest BCUT2D eigenvalue weighted by Gasteiger charge is 2.48. The number of nitrogens with zero attached hydrogens (tertiary/aromatic N) is 3. The van der Waals surface area contributed by atoms with Crippen LogP contribution in [-0.4, -0.2) is 74.7 Å². The number of benzene rings is 1. The molecule has 0 aliphatic carbocycles. The Hall–Kier alpha value is -2.79. The van der Waals surface area contributed by atoms with E-state index >= 15 is 0 Å². The summed E-state index contributed by atoms with van der Waals surface area (Å²) >= 11 is 6.32. The van der Waals surface area contributed by atoms with Crippen molar-refractivity contribution in [3.63, 3.8) is 0 Å². The van der Waals surface area contributed by atoms with Crippen molar-refractivity contribution in [2.45, 2.75) is 30.9 Å². The maximum Gasteiger partial charge on any atom is 0.244 e. The normalized spacial score (nSPS) is 26.8. The number of rotatable bonds is 7. The van der Waals surface area contributed by atoms with E-state index in [4.69, 9.17) is 26.1 Å². The first-order chi connectivity index (χ1) is 16.5. The topological polar surface area (TPSA) is 103 Å². The average Bonchev–Trinajstić information content (AvgIpc) is 3.07. The van der Waals surface area contributed by atoms with E-state index in [1.165, 1.54) is 0 Å². The third-order valence-corrected chi connectivity index (χ3v) is 6.98. The number of hydrazine groups is 1. The molecule has 0 saturated carbocycles. The van der Waals surface area contributed by atoms with Gasteiger partial charge in [-0.25, -0.2) is 10.4 Å². The highest BCUT2D eigenvalue weighted by Crippen LogP contribution is 2.36. The summed E-state index contributed by atoms with van der Waals surface area (Å²) in [4.78, 5) is 19.9. The van der Waals surface area contributed by atoms with Crippen LogP contribution in [0.1, 0.15) is 6.42 Å². The van der Waals surface area contributed by atoms with E-state index in [9.17, 15) is 4.79 Å². The lowest BCUT2D eigenvalue weighted by atomic mass is 9.88. The minimum atomic E-state index is -0.293. The molecule has 4 unspecified atom stereocenters. The summed E-state index contributed by atoms with van der Waals surface area (Å²) in [5, 5.41) is 12.6. The number of aromatic nitrogens is 1. The number of nitrogens with one attached hydrogen (secondary N) is 4. The molecule has 1 amide bonds. The third kappa shape index (κ3) is 4.34. The predicted octanol–water partition coefficient (Wildman–Crippen LogP) is 1.71. The van der Waals surface area contributed by atoms with Crippen LogP contribution in [0.15, 0.2) is 36.4 Å². The molecule has 0 bridgehead atoms. The summed E-state index contributed by atoms with van der Waals surface area (Å²) in [5.74, 6) is 1.98. The van der Waals surface area contributed by atoms with Crippen LogP contribution in [0.25, 0.3) is 0 Å². The smallest absolute Gasteiger partial charge is 0.244 e. The molecule has 4 N–H and O–H groups in total. The molecule has 1 aromatic heterocycles. The zero-order chi connectivity index (χ0) is 23.8. The minimum absolute atomic E-state index is 0.0278. The highest BCUT2D eigenvalue weighted by atomic mass is 35.5. The first-order valence-corrected chi connectivity index (χ1v) is 11.7. The fraction of sp³-hybridized carbons (Fsp3) is 0.478. The van der Waals surface area contributed by atoms with Gasteiger partial charge in [-0.1, -0.05) is 23.7 Å². The Balaban J connectivity index is 1.34.